The zero-order chi connectivity index (χ0) is 10.1. The van der Waals surface area contributed by atoms with E-state index in [0.717, 1.165) is 37.9 Å². The van der Waals surface area contributed by atoms with Crippen molar-refractivity contribution in [3.8, 4) is 0 Å². The van der Waals surface area contributed by atoms with E-state index in [4.69, 9.17) is 10.5 Å². The Labute approximate surface area is 86.6 Å². The normalized spacial score (nSPS) is 13.6. The molecular formula is C10H23NOS. The topological polar surface area (TPSA) is 35.2 Å². The van der Waals surface area contributed by atoms with Crippen molar-refractivity contribution in [3.05, 3.63) is 0 Å². The molecule has 0 rings (SSSR count). The first kappa shape index (κ1) is 13.3. The highest BCUT2D eigenvalue weighted by Gasteiger charge is 1.98. The van der Waals surface area contributed by atoms with Crippen LogP contribution in [0.2, 0.25) is 0 Å². The molecule has 0 amide bonds. The molecule has 0 aliphatic heterocycles. The Morgan fingerprint density at radius 2 is 1.92 bits per heavy atom. The van der Waals surface area contributed by atoms with Gasteiger partial charge in [0.05, 0.1) is 6.61 Å². The molecule has 80 valence electrons. The summed E-state index contributed by atoms with van der Waals surface area (Å²) in [7, 11) is 0. The van der Waals surface area contributed by atoms with Crippen LogP contribution >= 0.6 is 11.8 Å². The van der Waals surface area contributed by atoms with E-state index in [9.17, 15) is 0 Å². The summed E-state index contributed by atoms with van der Waals surface area (Å²) in [5.41, 5.74) is 5.49. The lowest BCUT2D eigenvalue weighted by Gasteiger charge is -2.09. The van der Waals surface area contributed by atoms with Gasteiger partial charge in [-0.1, -0.05) is 20.8 Å². The Bertz CT molecular complexity index is 109. The number of hydrogen-bond donors (Lipinski definition) is 1. The quantitative estimate of drug-likeness (QED) is 0.617. The third-order valence-corrected chi connectivity index (χ3v) is 2.97. The van der Waals surface area contributed by atoms with E-state index in [1.165, 1.54) is 0 Å². The second-order valence-electron chi connectivity index (χ2n) is 3.71. The molecule has 1 atom stereocenters. The van der Waals surface area contributed by atoms with Gasteiger partial charge in [-0.3, -0.25) is 0 Å². The second kappa shape index (κ2) is 8.85. The molecule has 2 N–H and O–H groups in total. The van der Waals surface area contributed by atoms with Gasteiger partial charge < -0.3 is 10.5 Å². The van der Waals surface area contributed by atoms with Crippen LogP contribution in [-0.4, -0.2) is 30.8 Å². The standard InChI is InChI=1S/C10H23NOS/c1-9(2)4-5-12-6-7-13-10(3)8-11/h9-10H,4-8,11H2,1-3H3. The molecule has 0 aromatic carbocycles. The van der Waals surface area contributed by atoms with Gasteiger partial charge in [0.1, 0.15) is 0 Å². The zero-order valence-electron chi connectivity index (χ0n) is 9.08. The monoisotopic (exact) mass is 205 g/mol. The molecule has 13 heavy (non-hydrogen) atoms. The maximum atomic E-state index is 5.49. The first-order valence-electron chi connectivity index (χ1n) is 5.06. The fourth-order valence-corrected chi connectivity index (χ4v) is 1.55. The highest BCUT2D eigenvalue weighted by atomic mass is 32.2. The minimum Gasteiger partial charge on any atom is -0.381 e. The number of thioether (sulfide) groups is 1. The van der Waals surface area contributed by atoms with E-state index in [2.05, 4.69) is 20.8 Å². The molecule has 0 spiro atoms. The highest BCUT2D eigenvalue weighted by molar-refractivity contribution is 7.99. The number of nitrogens with two attached hydrogens (primary N) is 1. The van der Waals surface area contributed by atoms with Gasteiger partial charge in [0.25, 0.3) is 0 Å². The predicted molar refractivity (Wildman–Crippen MR) is 61.2 cm³/mol. The minimum absolute atomic E-state index is 0.564. The van der Waals surface area contributed by atoms with Crippen molar-refractivity contribution in [2.24, 2.45) is 11.7 Å². The number of hydrogen-bond acceptors (Lipinski definition) is 3. The molecule has 1 unspecified atom stereocenters. The van der Waals surface area contributed by atoms with Gasteiger partial charge in [0.15, 0.2) is 0 Å². The molecule has 0 radical (unpaired) electrons. The first-order valence-corrected chi connectivity index (χ1v) is 6.11. The van der Waals surface area contributed by atoms with Crippen molar-refractivity contribution < 1.29 is 4.74 Å². The van der Waals surface area contributed by atoms with Crippen molar-refractivity contribution in [1.82, 2.24) is 0 Å². The van der Waals surface area contributed by atoms with Gasteiger partial charge in [0, 0.05) is 24.2 Å². The molecule has 2 nitrogen and oxygen atoms in total. The van der Waals surface area contributed by atoms with E-state index in [1.807, 2.05) is 11.8 Å². The third kappa shape index (κ3) is 10.2. The fraction of sp³-hybridized carbons (Fsp3) is 1.00. The summed E-state index contributed by atoms with van der Waals surface area (Å²) >= 11 is 1.89. The molecule has 0 bridgehead atoms. The summed E-state index contributed by atoms with van der Waals surface area (Å²) in [4.78, 5) is 0. The van der Waals surface area contributed by atoms with Crippen LogP contribution in [0.4, 0.5) is 0 Å². The Balaban J connectivity index is 2.99. The molecular weight excluding hydrogens is 182 g/mol. The zero-order valence-corrected chi connectivity index (χ0v) is 9.90. The van der Waals surface area contributed by atoms with Crippen LogP contribution in [0.1, 0.15) is 27.2 Å². The van der Waals surface area contributed by atoms with Crippen LogP contribution in [0, 0.1) is 5.92 Å². The van der Waals surface area contributed by atoms with E-state index in [-0.39, 0.29) is 0 Å². The molecule has 0 fully saturated rings. The molecule has 0 saturated heterocycles. The third-order valence-electron chi connectivity index (χ3n) is 1.80. The molecule has 0 aromatic heterocycles. The lowest BCUT2D eigenvalue weighted by atomic mass is 10.1. The maximum absolute atomic E-state index is 5.49. The smallest absolute Gasteiger partial charge is 0.0556 e. The number of ether oxygens (including phenoxy) is 1. The Morgan fingerprint density at radius 1 is 1.23 bits per heavy atom. The largest absolute Gasteiger partial charge is 0.381 e. The molecule has 0 saturated carbocycles. The Morgan fingerprint density at radius 3 is 2.46 bits per heavy atom. The van der Waals surface area contributed by atoms with Crippen LogP contribution in [-0.2, 0) is 4.74 Å². The summed E-state index contributed by atoms with van der Waals surface area (Å²) in [5.74, 6) is 1.81. The summed E-state index contributed by atoms with van der Waals surface area (Å²) in [6, 6.07) is 0. The lowest BCUT2D eigenvalue weighted by molar-refractivity contribution is 0.138. The summed E-state index contributed by atoms with van der Waals surface area (Å²) in [5, 5.41) is 0.564. The van der Waals surface area contributed by atoms with Gasteiger partial charge >= 0.3 is 0 Å². The minimum atomic E-state index is 0.564. The van der Waals surface area contributed by atoms with Crippen molar-refractivity contribution >= 4 is 11.8 Å². The Kier molecular flexibility index (Phi) is 9.03. The number of rotatable bonds is 8. The van der Waals surface area contributed by atoms with E-state index < -0.39 is 0 Å². The van der Waals surface area contributed by atoms with Gasteiger partial charge in [0.2, 0.25) is 0 Å². The van der Waals surface area contributed by atoms with E-state index in [1.54, 1.807) is 0 Å². The van der Waals surface area contributed by atoms with Crippen LogP contribution in [0.5, 0.6) is 0 Å². The first-order chi connectivity index (χ1) is 6.16. The molecule has 0 heterocycles. The van der Waals surface area contributed by atoms with E-state index in [0.29, 0.717) is 5.25 Å². The lowest BCUT2D eigenvalue weighted by Crippen LogP contribution is -2.14. The summed E-state index contributed by atoms with van der Waals surface area (Å²) < 4.78 is 5.48. The van der Waals surface area contributed by atoms with Crippen LogP contribution in [0.3, 0.4) is 0 Å². The molecule has 0 aliphatic carbocycles. The van der Waals surface area contributed by atoms with Crippen molar-refractivity contribution in [3.63, 3.8) is 0 Å². The van der Waals surface area contributed by atoms with E-state index >= 15 is 0 Å². The SMILES string of the molecule is CC(C)CCOCCSC(C)CN. The van der Waals surface area contributed by atoms with Gasteiger partial charge in [-0.05, 0) is 12.3 Å². The van der Waals surface area contributed by atoms with Crippen molar-refractivity contribution in [1.29, 1.82) is 0 Å². The van der Waals surface area contributed by atoms with Crippen LogP contribution < -0.4 is 5.73 Å². The fourth-order valence-electron chi connectivity index (χ4n) is 0.797. The van der Waals surface area contributed by atoms with Gasteiger partial charge in [-0.25, -0.2) is 0 Å². The van der Waals surface area contributed by atoms with Crippen molar-refractivity contribution in [2.75, 3.05) is 25.5 Å². The molecule has 0 aromatic rings. The van der Waals surface area contributed by atoms with Crippen LogP contribution in [0.25, 0.3) is 0 Å². The summed E-state index contributed by atoms with van der Waals surface area (Å²) in [6.07, 6.45) is 1.16. The maximum Gasteiger partial charge on any atom is 0.0556 e. The van der Waals surface area contributed by atoms with Crippen molar-refractivity contribution in [2.45, 2.75) is 32.4 Å². The van der Waals surface area contributed by atoms with Crippen LogP contribution in [0.15, 0.2) is 0 Å². The summed E-state index contributed by atoms with van der Waals surface area (Å²) in [6.45, 7) is 9.11. The second-order valence-corrected chi connectivity index (χ2v) is 5.26. The molecule has 0 aliphatic rings. The van der Waals surface area contributed by atoms with Gasteiger partial charge in [-0.15, -0.1) is 0 Å². The van der Waals surface area contributed by atoms with Gasteiger partial charge in [-0.2, -0.15) is 11.8 Å². The average Bonchev–Trinajstić information content (AvgIpc) is 2.10. The average molecular weight is 205 g/mol. The Hall–Kier alpha value is 0.270. The molecule has 3 heteroatoms. The predicted octanol–water partition coefficient (Wildman–Crippen LogP) is 2.13. The highest BCUT2D eigenvalue weighted by Crippen LogP contribution is 2.08.